The van der Waals surface area contributed by atoms with Gasteiger partial charge >= 0.3 is 0 Å². The molecular weight excluding hydrogens is 188 g/mol. The smallest absolute Gasteiger partial charge is 0.0657 e. The fraction of sp³-hybridized carbons (Fsp3) is 1.00. The molecule has 0 aliphatic carbocycles. The Labute approximate surface area is 95.3 Å². The van der Waals surface area contributed by atoms with Crippen molar-refractivity contribution in [1.29, 1.82) is 0 Å². The van der Waals surface area contributed by atoms with Crippen LogP contribution < -0.4 is 0 Å². The van der Waals surface area contributed by atoms with Crippen molar-refractivity contribution in [2.75, 3.05) is 0 Å². The summed E-state index contributed by atoms with van der Waals surface area (Å²) in [7, 11) is 0. The average molecular weight is 216 g/mol. The molecule has 0 fully saturated rings. The van der Waals surface area contributed by atoms with E-state index in [2.05, 4.69) is 55.4 Å². The van der Waals surface area contributed by atoms with Crippen LogP contribution in [-0.4, -0.2) is 23.4 Å². The lowest BCUT2D eigenvalue weighted by Crippen LogP contribution is -2.40. The van der Waals surface area contributed by atoms with Gasteiger partial charge in [-0.05, 0) is 55.4 Å². The van der Waals surface area contributed by atoms with E-state index >= 15 is 0 Å². The lowest BCUT2D eigenvalue weighted by molar-refractivity contribution is -0.131. The van der Waals surface area contributed by atoms with Crippen molar-refractivity contribution < 1.29 is 9.47 Å². The van der Waals surface area contributed by atoms with Gasteiger partial charge in [-0.3, -0.25) is 0 Å². The fourth-order valence-electron chi connectivity index (χ4n) is 2.38. The van der Waals surface area contributed by atoms with E-state index in [0.717, 1.165) is 6.42 Å². The monoisotopic (exact) mass is 216 g/mol. The van der Waals surface area contributed by atoms with Crippen LogP contribution in [0.5, 0.6) is 0 Å². The fourth-order valence-corrected chi connectivity index (χ4v) is 2.38. The summed E-state index contributed by atoms with van der Waals surface area (Å²) in [6.07, 6.45) is 1.42. The normalized spacial score (nSPS) is 14.0. The van der Waals surface area contributed by atoms with E-state index in [0.29, 0.717) is 0 Å². The van der Waals surface area contributed by atoms with Crippen LogP contribution in [0.3, 0.4) is 0 Å². The minimum absolute atomic E-state index is 0.132. The highest BCUT2D eigenvalue weighted by molar-refractivity contribution is 4.82. The van der Waals surface area contributed by atoms with Gasteiger partial charge in [0.1, 0.15) is 0 Å². The van der Waals surface area contributed by atoms with Gasteiger partial charge in [0.25, 0.3) is 0 Å². The highest BCUT2D eigenvalue weighted by Crippen LogP contribution is 2.28. The maximum absolute atomic E-state index is 5.88. The molecule has 92 valence electrons. The van der Waals surface area contributed by atoms with Gasteiger partial charge in [-0.1, -0.05) is 0 Å². The van der Waals surface area contributed by atoms with E-state index in [1.807, 2.05) is 0 Å². The summed E-state index contributed by atoms with van der Waals surface area (Å²) in [5.74, 6) is 0. The largest absolute Gasteiger partial charge is 0.373 e. The number of rotatable bonds is 6. The molecule has 0 heterocycles. The second-order valence-electron chi connectivity index (χ2n) is 6.03. The van der Waals surface area contributed by atoms with E-state index in [4.69, 9.17) is 9.47 Å². The first-order valence-corrected chi connectivity index (χ1v) is 5.90. The van der Waals surface area contributed by atoms with Gasteiger partial charge in [-0.2, -0.15) is 0 Å². The Kier molecular flexibility index (Phi) is 5.28. The predicted molar refractivity (Wildman–Crippen MR) is 65.2 cm³/mol. The van der Waals surface area contributed by atoms with Crippen LogP contribution in [-0.2, 0) is 9.47 Å². The van der Waals surface area contributed by atoms with Crippen molar-refractivity contribution in [1.82, 2.24) is 0 Å². The predicted octanol–water partition coefficient (Wildman–Crippen LogP) is 3.78. The molecule has 0 saturated heterocycles. The number of hydrogen-bond acceptors (Lipinski definition) is 2. The molecule has 0 atom stereocenters. The standard InChI is InChI=1S/C13H28O2/c1-10(2)14-12(5,6)9-13(7,8)15-11(3)4/h10-11H,9H2,1-8H3. The van der Waals surface area contributed by atoms with Crippen molar-refractivity contribution in [3.8, 4) is 0 Å². The van der Waals surface area contributed by atoms with Crippen molar-refractivity contribution in [3.05, 3.63) is 0 Å². The molecule has 0 radical (unpaired) electrons. The molecule has 0 aromatic rings. The molecule has 0 saturated carbocycles. The Morgan fingerprint density at radius 2 is 1.00 bits per heavy atom. The second-order valence-corrected chi connectivity index (χ2v) is 6.03. The van der Waals surface area contributed by atoms with Crippen molar-refractivity contribution in [2.24, 2.45) is 0 Å². The van der Waals surface area contributed by atoms with E-state index in [1.54, 1.807) is 0 Å². The quantitative estimate of drug-likeness (QED) is 0.672. The SMILES string of the molecule is CC(C)OC(C)(C)CC(C)(C)OC(C)C. The van der Waals surface area contributed by atoms with Gasteiger partial charge in [0, 0.05) is 6.42 Å². The van der Waals surface area contributed by atoms with Crippen LogP contribution >= 0.6 is 0 Å². The van der Waals surface area contributed by atoms with Crippen molar-refractivity contribution in [3.63, 3.8) is 0 Å². The third kappa shape index (κ3) is 7.80. The van der Waals surface area contributed by atoms with E-state index in [9.17, 15) is 0 Å². The minimum atomic E-state index is -0.132. The highest BCUT2D eigenvalue weighted by atomic mass is 16.5. The first-order valence-electron chi connectivity index (χ1n) is 5.90. The Balaban J connectivity index is 4.29. The van der Waals surface area contributed by atoms with Gasteiger partial charge < -0.3 is 9.47 Å². The third-order valence-corrected chi connectivity index (χ3v) is 1.96. The van der Waals surface area contributed by atoms with Gasteiger partial charge in [-0.25, -0.2) is 0 Å². The first kappa shape index (κ1) is 14.9. The Hall–Kier alpha value is -0.0800. The van der Waals surface area contributed by atoms with Crippen molar-refractivity contribution >= 4 is 0 Å². The van der Waals surface area contributed by atoms with Gasteiger partial charge in [0.05, 0.1) is 23.4 Å². The average Bonchev–Trinajstić information content (AvgIpc) is 1.73. The lowest BCUT2D eigenvalue weighted by Gasteiger charge is -2.37. The summed E-state index contributed by atoms with van der Waals surface area (Å²) in [5, 5.41) is 0. The maximum Gasteiger partial charge on any atom is 0.0657 e. The summed E-state index contributed by atoms with van der Waals surface area (Å²) >= 11 is 0. The number of hydrogen-bond donors (Lipinski definition) is 0. The van der Waals surface area contributed by atoms with Crippen molar-refractivity contribution in [2.45, 2.75) is 85.2 Å². The summed E-state index contributed by atoms with van der Waals surface area (Å²) in [6.45, 7) is 16.8. The van der Waals surface area contributed by atoms with Crippen LogP contribution in [0.1, 0.15) is 61.8 Å². The molecule has 0 spiro atoms. The zero-order valence-corrected chi connectivity index (χ0v) is 11.7. The molecule has 2 heteroatoms. The zero-order chi connectivity index (χ0) is 12.3. The molecule has 0 N–H and O–H groups in total. The molecule has 0 unspecified atom stereocenters. The second kappa shape index (κ2) is 5.31. The van der Waals surface area contributed by atoms with Crippen LogP contribution in [0.4, 0.5) is 0 Å². The van der Waals surface area contributed by atoms with Gasteiger partial charge in [0.15, 0.2) is 0 Å². The maximum atomic E-state index is 5.88. The molecule has 0 aliphatic rings. The molecule has 0 amide bonds. The van der Waals surface area contributed by atoms with Gasteiger partial charge in [0.2, 0.25) is 0 Å². The van der Waals surface area contributed by atoms with Crippen LogP contribution in [0.2, 0.25) is 0 Å². The van der Waals surface area contributed by atoms with Crippen LogP contribution in [0.25, 0.3) is 0 Å². The Morgan fingerprint density at radius 3 is 1.20 bits per heavy atom. The molecule has 0 aromatic heterocycles. The zero-order valence-electron chi connectivity index (χ0n) is 11.7. The lowest BCUT2D eigenvalue weighted by atomic mass is 9.91. The molecule has 0 rings (SSSR count). The molecule has 0 aromatic carbocycles. The minimum Gasteiger partial charge on any atom is -0.373 e. The molecular formula is C13H28O2. The molecule has 0 aliphatic heterocycles. The van der Waals surface area contributed by atoms with E-state index in [1.165, 1.54) is 0 Å². The Morgan fingerprint density at radius 1 is 0.733 bits per heavy atom. The topological polar surface area (TPSA) is 18.5 Å². The summed E-state index contributed by atoms with van der Waals surface area (Å²) in [5.41, 5.74) is -0.265. The first-order chi connectivity index (χ1) is 6.54. The highest BCUT2D eigenvalue weighted by Gasteiger charge is 2.31. The third-order valence-electron chi connectivity index (χ3n) is 1.96. The van der Waals surface area contributed by atoms with Crippen LogP contribution in [0, 0.1) is 0 Å². The summed E-state index contributed by atoms with van der Waals surface area (Å²) in [4.78, 5) is 0. The van der Waals surface area contributed by atoms with E-state index in [-0.39, 0.29) is 23.4 Å². The molecule has 0 bridgehead atoms. The number of ether oxygens (including phenoxy) is 2. The van der Waals surface area contributed by atoms with Crippen LogP contribution in [0.15, 0.2) is 0 Å². The van der Waals surface area contributed by atoms with E-state index < -0.39 is 0 Å². The molecule has 15 heavy (non-hydrogen) atoms. The molecule has 2 nitrogen and oxygen atoms in total. The summed E-state index contributed by atoms with van der Waals surface area (Å²) in [6, 6.07) is 0. The summed E-state index contributed by atoms with van der Waals surface area (Å²) < 4.78 is 11.8. The Bertz CT molecular complexity index is 161. The van der Waals surface area contributed by atoms with Gasteiger partial charge in [-0.15, -0.1) is 0 Å².